The highest BCUT2D eigenvalue weighted by atomic mass is 32.2. The molecule has 3 rings (SSSR count). The number of hydrogen-bond donors (Lipinski definition) is 2. The molecule has 19 heavy (non-hydrogen) atoms. The maximum absolute atomic E-state index is 14.4. The van der Waals surface area contributed by atoms with E-state index in [0.717, 1.165) is 4.31 Å². The van der Waals surface area contributed by atoms with Crippen molar-refractivity contribution in [3.8, 4) is 5.75 Å². The summed E-state index contributed by atoms with van der Waals surface area (Å²) in [6.07, 6.45) is 0. The van der Waals surface area contributed by atoms with Crippen molar-refractivity contribution >= 4 is 33.5 Å². The second-order valence-corrected chi connectivity index (χ2v) is 5.23. The van der Waals surface area contributed by atoms with E-state index in [9.17, 15) is 18.5 Å². The van der Waals surface area contributed by atoms with Gasteiger partial charge in [0.25, 0.3) is 5.91 Å². The Morgan fingerprint density at radius 1 is 1.37 bits per heavy atom. The zero-order chi connectivity index (χ0) is 13.6. The molecule has 0 bridgehead atoms. The summed E-state index contributed by atoms with van der Waals surface area (Å²) in [6.45, 7) is -0.255. The third-order valence-electron chi connectivity index (χ3n) is 2.88. The maximum atomic E-state index is 14.4. The Kier molecular flexibility index (Phi) is 2.63. The predicted molar refractivity (Wildman–Crippen MR) is 69.2 cm³/mol. The number of fused-ring (bicyclic) bond motifs is 1. The van der Waals surface area contributed by atoms with Gasteiger partial charge >= 0.3 is 0 Å². The van der Waals surface area contributed by atoms with Crippen LogP contribution in [0.2, 0.25) is 0 Å². The number of carbonyl (C=O) groups is 1. The van der Waals surface area contributed by atoms with Crippen molar-refractivity contribution in [1.29, 1.82) is 0 Å². The lowest BCUT2D eigenvalue weighted by molar-refractivity contribution is -0.117. The molecule has 0 spiro atoms. The quantitative estimate of drug-likeness (QED) is 0.824. The predicted octanol–water partition coefficient (Wildman–Crippen LogP) is 1.20. The van der Waals surface area contributed by atoms with Gasteiger partial charge in [0.15, 0.2) is 5.82 Å². The lowest BCUT2D eigenvalue weighted by Gasteiger charge is -2.17. The zero-order valence-corrected chi connectivity index (χ0v) is 10.4. The van der Waals surface area contributed by atoms with Crippen LogP contribution in [-0.2, 0) is 16.0 Å². The largest absolute Gasteiger partial charge is 0.506 e. The highest BCUT2D eigenvalue weighted by Crippen LogP contribution is 2.37. The Bertz CT molecular complexity index is 719. The molecule has 1 amide bonds. The summed E-state index contributed by atoms with van der Waals surface area (Å²) in [7, 11) is 0. The Morgan fingerprint density at radius 3 is 2.79 bits per heavy atom. The van der Waals surface area contributed by atoms with Crippen molar-refractivity contribution in [2.45, 2.75) is 0 Å². The molecule has 1 heterocycles. The Hall–Kier alpha value is -2.15. The van der Waals surface area contributed by atoms with Gasteiger partial charge < -0.3 is 5.11 Å². The summed E-state index contributed by atoms with van der Waals surface area (Å²) in [4.78, 5) is 11.2. The van der Waals surface area contributed by atoms with E-state index in [0.29, 0.717) is 10.8 Å². The normalized spacial score (nSPS) is 18.9. The van der Waals surface area contributed by atoms with Gasteiger partial charge in [0.05, 0.1) is 0 Å². The van der Waals surface area contributed by atoms with Gasteiger partial charge in [-0.1, -0.05) is 24.3 Å². The number of anilines is 1. The molecule has 0 saturated carbocycles. The van der Waals surface area contributed by atoms with Gasteiger partial charge in [-0.15, -0.1) is 0 Å². The average Bonchev–Trinajstić information content (AvgIpc) is 2.68. The Morgan fingerprint density at radius 2 is 2.11 bits per heavy atom. The van der Waals surface area contributed by atoms with Crippen LogP contribution in [0.25, 0.3) is 10.8 Å². The Balaban J connectivity index is 2.24. The van der Waals surface area contributed by atoms with Gasteiger partial charge in [-0.3, -0.25) is 13.8 Å². The summed E-state index contributed by atoms with van der Waals surface area (Å²) >= 11 is -1.87. The standard InChI is InChI=1S/C12H9FN2O3S/c13-11-8-4-2-1-3-7(8)5-9(16)12(11)15-6-10(17)14-19(15)18/h1-5,16H,6H2,(H,14,17). The van der Waals surface area contributed by atoms with Gasteiger partial charge in [0.2, 0.25) is 11.2 Å². The topological polar surface area (TPSA) is 69.6 Å². The molecule has 1 fully saturated rings. The molecule has 1 aliphatic heterocycles. The van der Waals surface area contributed by atoms with E-state index >= 15 is 0 Å². The molecule has 0 radical (unpaired) electrons. The molecule has 1 saturated heterocycles. The number of phenols is 1. The van der Waals surface area contributed by atoms with E-state index in [1.165, 1.54) is 6.07 Å². The number of phenolic OH excluding ortho intramolecular Hbond substituents is 1. The van der Waals surface area contributed by atoms with Crippen LogP contribution in [0.4, 0.5) is 10.1 Å². The van der Waals surface area contributed by atoms with Gasteiger partial charge in [-0.05, 0) is 11.5 Å². The first-order valence-corrected chi connectivity index (χ1v) is 6.57. The smallest absolute Gasteiger partial charge is 0.253 e. The molecule has 2 aromatic rings. The van der Waals surface area contributed by atoms with Crippen LogP contribution >= 0.6 is 0 Å². The van der Waals surface area contributed by atoms with Gasteiger partial charge in [-0.2, -0.15) is 0 Å². The molecule has 1 atom stereocenters. The monoisotopic (exact) mass is 280 g/mol. The lowest BCUT2D eigenvalue weighted by atomic mass is 10.1. The molecule has 1 aliphatic rings. The van der Waals surface area contributed by atoms with Crippen LogP contribution in [0, 0.1) is 5.82 Å². The molecular weight excluding hydrogens is 271 g/mol. The maximum Gasteiger partial charge on any atom is 0.253 e. The number of hydrogen-bond acceptors (Lipinski definition) is 3. The first kappa shape index (κ1) is 11.9. The highest BCUT2D eigenvalue weighted by molar-refractivity contribution is 7.85. The zero-order valence-electron chi connectivity index (χ0n) is 9.59. The van der Waals surface area contributed by atoms with Crippen LogP contribution in [0.5, 0.6) is 5.75 Å². The van der Waals surface area contributed by atoms with Crippen molar-refractivity contribution in [2.24, 2.45) is 0 Å². The highest BCUT2D eigenvalue weighted by Gasteiger charge is 2.31. The molecule has 5 nitrogen and oxygen atoms in total. The number of carbonyl (C=O) groups excluding carboxylic acids is 1. The first-order chi connectivity index (χ1) is 9.08. The molecule has 98 valence electrons. The minimum atomic E-state index is -1.87. The third kappa shape index (κ3) is 1.82. The van der Waals surface area contributed by atoms with Gasteiger partial charge in [0.1, 0.15) is 18.0 Å². The van der Waals surface area contributed by atoms with E-state index in [1.807, 2.05) is 0 Å². The number of nitrogens with one attached hydrogen (secondary N) is 1. The van der Waals surface area contributed by atoms with Gasteiger partial charge in [-0.25, -0.2) is 8.60 Å². The fourth-order valence-corrected chi connectivity index (χ4v) is 2.99. The fraction of sp³-hybridized carbons (Fsp3) is 0.0833. The fourth-order valence-electron chi connectivity index (χ4n) is 2.05. The van der Waals surface area contributed by atoms with Crippen molar-refractivity contribution in [3.05, 3.63) is 36.1 Å². The summed E-state index contributed by atoms with van der Waals surface area (Å²) in [5, 5.41) is 10.7. The van der Waals surface area contributed by atoms with E-state index in [-0.39, 0.29) is 18.0 Å². The number of amides is 1. The van der Waals surface area contributed by atoms with Crippen molar-refractivity contribution in [2.75, 3.05) is 10.8 Å². The molecule has 2 aromatic carbocycles. The van der Waals surface area contributed by atoms with E-state index < -0.39 is 22.9 Å². The minimum absolute atomic E-state index is 0.226. The SMILES string of the molecule is O=C1CN(c2c(O)cc3ccccc3c2F)S(=O)N1. The second kappa shape index (κ2) is 4.20. The Labute approximate surface area is 110 Å². The minimum Gasteiger partial charge on any atom is -0.506 e. The molecule has 0 aliphatic carbocycles. The number of nitrogens with zero attached hydrogens (tertiary/aromatic N) is 1. The van der Waals surface area contributed by atoms with Crippen LogP contribution in [0.3, 0.4) is 0 Å². The number of rotatable bonds is 1. The number of aromatic hydroxyl groups is 1. The summed E-state index contributed by atoms with van der Waals surface area (Å²) in [5.74, 6) is -1.52. The van der Waals surface area contributed by atoms with Crippen molar-refractivity contribution in [3.63, 3.8) is 0 Å². The van der Waals surface area contributed by atoms with E-state index in [2.05, 4.69) is 4.72 Å². The lowest BCUT2D eigenvalue weighted by Crippen LogP contribution is -2.23. The van der Waals surface area contributed by atoms with E-state index in [4.69, 9.17) is 0 Å². The first-order valence-electron chi connectivity index (χ1n) is 5.47. The van der Waals surface area contributed by atoms with Gasteiger partial charge in [0, 0.05) is 5.39 Å². The van der Waals surface area contributed by atoms with Crippen LogP contribution in [-0.4, -0.2) is 21.8 Å². The average molecular weight is 280 g/mol. The summed E-state index contributed by atoms with van der Waals surface area (Å²) < 4.78 is 29.2. The molecular formula is C12H9FN2O3S. The number of benzene rings is 2. The number of halogens is 1. The van der Waals surface area contributed by atoms with Crippen LogP contribution in [0.15, 0.2) is 30.3 Å². The third-order valence-corrected chi connectivity index (χ3v) is 3.99. The molecule has 7 heteroatoms. The molecule has 0 aromatic heterocycles. The van der Waals surface area contributed by atoms with Crippen molar-refractivity contribution < 1.29 is 18.5 Å². The van der Waals surface area contributed by atoms with Crippen molar-refractivity contribution in [1.82, 2.24) is 4.72 Å². The van der Waals surface area contributed by atoms with Crippen LogP contribution < -0.4 is 9.03 Å². The molecule has 1 unspecified atom stereocenters. The summed E-state index contributed by atoms with van der Waals surface area (Å²) in [6, 6.07) is 7.98. The second-order valence-electron chi connectivity index (χ2n) is 4.09. The molecule has 2 N–H and O–H groups in total. The van der Waals surface area contributed by atoms with Crippen LogP contribution in [0.1, 0.15) is 0 Å². The summed E-state index contributed by atoms with van der Waals surface area (Å²) in [5.41, 5.74) is -0.226. The van der Waals surface area contributed by atoms with E-state index in [1.54, 1.807) is 24.3 Å².